The van der Waals surface area contributed by atoms with Crippen molar-refractivity contribution >= 4 is 0 Å². The number of hydrogen-bond acceptors (Lipinski definition) is 3. The molecule has 70 valence electrons. The Balaban J connectivity index is 1.90. The maximum Gasteiger partial charge on any atom is 0.0700 e. The van der Waals surface area contributed by atoms with Crippen LogP contribution in [-0.4, -0.2) is 50.0 Å². The van der Waals surface area contributed by atoms with E-state index in [1.807, 2.05) is 0 Å². The van der Waals surface area contributed by atoms with Crippen molar-refractivity contribution in [3.8, 4) is 0 Å². The van der Waals surface area contributed by atoms with Crippen LogP contribution >= 0.6 is 0 Å². The third-order valence-electron chi connectivity index (χ3n) is 2.77. The van der Waals surface area contributed by atoms with Gasteiger partial charge in [-0.2, -0.15) is 0 Å². The summed E-state index contributed by atoms with van der Waals surface area (Å²) < 4.78 is 11.1. The highest BCUT2D eigenvalue weighted by Gasteiger charge is 2.30. The van der Waals surface area contributed by atoms with E-state index in [9.17, 15) is 0 Å². The van der Waals surface area contributed by atoms with Gasteiger partial charge in [-0.25, -0.2) is 0 Å². The Labute approximate surface area is 73.6 Å². The van der Waals surface area contributed by atoms with E-state index >= 15 is 0 Å². The SMILES string of the molecule is CCC1CN2CCOCC2CO1. The van der Waals surface area contributed by atoms with Crippen molar-refractivity contribution in [1.29, 1.82) is 0 Å². The average molecular weight is 171 g/mol. The summed E-state index contributed by atoms with van der Waals surface area (Å²) in [4.78, 5) is 2.50. The molecular weight excluding hydrogens is 154 g/mol. The van der Waals surface area contributed by atoms with E-state index < -0.39 is 0 Å². The zero-order chi connectivity index (χ0) is 8.39. The third kappa shape index (κ3) is 1.63. The summed E-state index contributed by atoms with van der Waals surface area (Å²) in [5.74, 6) is 0. The van der Waals surface area contributed by atoms with Crippen LogP contribution in [0.1, 0.15) is 13.3 Å². The van der Waals surface area contributed by atoms with Crippen molar-refractivity contribution < 1.29 is 9.47 Å². The lowest BCUT2D eigenvalue weighted by molar-refractivity contribution is -0.116. The molecule has 0 bridgehead atoms. The molecule has 0 N–H and O–H groups in total. The first-order valence-electron chi connectivity index (χ1n) is 4.83. The number of nitrogens with zero attached hydrogens (tertiary/aromatic N) is 1. The molecule has 2 unspecified atom stereocenters. The van der Waals surface area contributed by atoms with Crippen molar-refractivity contribution in [1.82, 2.24) is 4.90 Å². The van der Waals surface area contributed by atoms with Crippen LogP contribution in [0.4, 0.5) is 0 Å². The van der Waals surface area contributed by atoms with Crippen molar-refractivity contribution in [2.24, 2.45) is 0 Å². The van der Waals surface area contributed by atoms with Crippen LogP contribution in [0.15, 0.2) is 0 Å². The van der Waals surface area contributed by atoms with Crippen LogP contribution in [-0.2, 0) is 9.47 Å². The Bertz CT molecular complexity index is 151. The Morgan fingerprint density at radius 3 is 3.17 bits per heavy atom. The van der Waals surface area contributed by atoms with Crippen molar-refractivity contribution in [3.63, 3.8) is 0 Å². The number of ether oxygens (including phenoxy) is 2. The summed E-state index contributed by atoms with van der Waals surface area (Å²) in [6, 6.07) is 0.529. The topological polar surface area (TPSA) is 21.7 Å². The van der Waals surface area contributed by atoms with E-state index in [-0.39, 0.29) is 0 Å². The molecular formula is C9H17NO2. The molecule has 0 aromatic heterocycles. The summed E-state index contributed by atoms with van der Waals surface area (Å²) in [6.45, 7) is 6.99. The van der Waals surface area contributed by atoms with Gasteiger partial charge in [0, 0.05) is 13.1 Å². The second-order valence-electron chi connectivity index (χ2n) is 3.59. The normalized spacial score (nSPS) is 37.8. The molecule has 0 aliphatic carbocycles. The quantitative estimate of drug-likeness (QED) is 0.573. The Kier molecular flexibility index (Phi) is 2.63. The lowest BCUT2D eigenvalue weighted by Gasteiger charge is -2.41. The molecule has 2 fully saturated rings. The molecule has 3 heteroatoms. The van der Waals surface area contributed by atoms with Gasteiger partial charge in [0.25, 0.3) is 0 Å². The van der Waals surface area contributed by atoms with Crippen LogP contribution in [0, 0.1) is 0 Å². The molecule has 3 nitrogen and oxygen atoms in total. The van der Waals surface area contributed by atoms with E-state index in [0.717, 1.165) is 39.3 Å². The summed E-state index contributed by atoms with van der Waals surface area (Å²) in [7, 11) is 0. The van der Waals surface area contributed by atoms with Crippen molar-refractivity contribution in [2.75, 3.05) is 32.9 Å². The molecule has 2 aliphatic rings. The van der Waals surface area contributed by atoms with Gasteiger partial charge in [-0.05, 0) is 6.42 Å². The Morgan fingerprint density at radius 1 is 1.42 bits per heavy atom. The minimum absolute atomic E-state index is 0.458. The van der Waals surface area contributed by atoms with Crippen molar-refractivity contribution in [2.45, 2.75) is 25.5 Å². The fraction of sp³-hybridized carbons (Fsp3) is 1.00. The maximum absolute atomic E-state index is 5.67. The minimum Gasteiger partial charge on any atom is -0.378 e. The van der Waals surface area contributed by atoms with E-state index in [2.05, 4.69) is 11.8 Å². The number of fused-ring (bicyclic) bond motifs is 1. The summed E-state index contributed by atoms with van der Waals surface area (Å²) in [5, 5.41) is 0. The molecule has 0 radical (unpaired) electrons. The highest BCUT2D eigenvalue weighted by molar-refractivity contribution is 4.81. The smallest absolute Gasteiger partial charge is 0.0700 e. The van der Waals surface area contributed by atoms with Gasteiger partial charge in [0.2, 0.25) is 0 Å². The number of rotatable bonds is 1. The lowest BCUT2D eigenvalue weighted by Crippen LogP contribution is -2.55. The van der Waals surface area contributed by atoms with Gasteiger partial charge in [-0.3, -0.25) is 4.90 Å². The zero-order valence-electron chi connectivity index (χ0n) is 7.66. The van der Waals surface area contributed by atoms with Gasteiger partial charge in [-0.15, -0.1) is 0 Å². The van der Waals surface area contributed by atoms with Gasteiger partial charge >= 0.3 is 0 Å². The average Bonchev–Trinajstić information content (AvgIpc) is 2.17. The van der Waals surface area contributed by atoms with Gasteiger partial charge in [0.1, 0.15) is 0 Å². The van der Waals surface area contributed by atoms with Crippen molar-refractivity contribution in [3.05, 3.63) is 0 Å². The van der Waals surface area contributed by atoms with Crippen LogP contribution in [0.3, 0.4) is 0 Å². The molecule has 2 aliphatic heterocycles. The second kappa shape index (κ2) is 3.73. The fourth-order valence-electron chi connectivity index (χ4n) is 1.89. The first kappa shape index (κ1) is 8.48. The Hall–Kier alpha value is -0.120. The summed E-state index contributed by atoms with van der Waals surface area (Å²) in [5.41, 5.74) is 0. The van der Waals surface area contributed by atoms with E-state index in [1.54, 1.807) is 0 Å². The molecule has 2 saturated heterocycles. The lowest BCUT2D eigenvalue weighted by atomic mass is 10.1. The van der Waals surface area contributed by atoms with E-state index in [1.165, 1.54) is 0 Å². The second-order valence-corrected chi connectivity index (χ2v) is 3.59. The summed E-state index contributed by atoms with van der Waals surface area (Å²) >= 11 is 0. The van der Waals surface area contributed by atoms with E-state index in [0.29, 0.717) is 12.1 Å². The molecule has 0 amide bonds. The first-order chi connectivity index (χ1) is 5.90. The van der Waals surface area contributed by atoms with E-state index in [4.69, 9.17) is 9.47 Å². The molecule has 2 heterocycles. The van der Waals surface area contributed by atoms with Crippen LogP contribution in [0.5, 0.6) is 0 Å². The summed E-state index contributed by atoms with van der Waals surface area (Å²) in [6.07, 6.45) is 1.59. The molecule has 2 rings (SSSR count). The standard InChI is InChI=1S/C9H17NO2/c1-2-9-5-10-3-4-11-6-8(10)7-12-9/h8-9H,2-7H2,1H3. The molecule has 12 heavy (non-hydrogen) atoms. The van der Waals surface area contributed by atoms with Gasteiger partial charge in [0.15, 0.2) is 0 Å². The predicted octanol–water partition coefficient (Wildman–Crippen LogP) is 0.496. The first-order valence-corrected chi connectivity index (χ1v) is 4.83. The van der Waals surface area contributed by atoms with Gasteiger partial charge in [-0.1, -0.05) is 6.92 Å². The molecule has 2 atom stereocenters. The number of hydrogen-bond donors (Lipinski definition) is 0. The Morgan fingerprint density at radius 2 is 2.33 bits per heavy atom. The predicted molar refractivity (Wildman–Crippen MR) is 46.2 cm³/mol. The van der Waals surface area contributed by atoms with Gasteiger partial charge in [0.05, 0.1) is 32.0 Å². The maximum atomic E-state index is 5.67. The van der Waals surface area contributed by atoms with Crippen LogP contribution in [0.25, 0.3) is 0 Å². The fourth-order valence-corrected chi connectivity index (χ4v) is 1.89. The zero-order valence-corrected chi connectivity index (χ0v) is 7.66. The highest BCUT2D eigenvalue weighted by atomic mass is 16.5. The molecule has 0 spiro atoms. The largest absolute Gasteiger partial charge is 0.378 e. The molecule has 0 aromatic carbocycles. The van der Waals surface area contributed by atoms with Gasteiger partial charge < -0.3 is 9.47 Å². The monoisotopic (exact) mass is 171 g/mol. The molecule has 0 aromatic rings. The minimum atomic E-state index is 0.458. The third-order valence-corrected chi connectivity index (χ3v) is 2.77. The van der Waals surface area contributed by atoms with Crippen LogP contribution in [0.2, 0.25) is 0 Å². The highest BCUT2D eigenvalue weighted by Crippen LogP contribution is 2.16. The number of morpholine rings is 2. The van der Waals surface area contributed by atoms with Crippen LogP contribution < -0.4 is 0 Å². The molecule has 0 saturated carbocycles.